The quantitative estimate of drug-likeness (QED) is 0.646. The Morgan fingerprint density at radius 1 is 1.08 bits per heavy atom. The molecule has 13 heavy (non-hydrogen) atoms. The molecule has 0 spiro atoms. The van der Waals surface area contributed by atoms with Gasteiger partial charge in [-0.2, -0.15) is 0 Å². The Balaban J connectivity index is 2.17. The van der Waals surface area contributed by atoms with E-state index in [1.54, 1.807) is 0 Å². The van der Waals surface area contributed by atoms with E-state index in [0.717, 1.165) is 32.7 Å². The maximum Gasteiger partial charge on any atom is 0.0720 e. The molecular formula is C11H15NO. The Labute approximate surface area is 78.9 Å². The van der Waals surface area contributed by atoms with Gasteiger partial charge in [0.15, 0.2) is 0 Å². The van der Waals surface area contributed by atoms with E-state index < -0.39 is 0 Å². The second kappa shape index (κ2) is 4.40. The predicted octanol–water partition coefficient (Wildman–Crippen LogP) is 1.35. The first-order valence-electron chi connectivity index (χ1n) is 4.82. The predicted molar refractivity (Wildman–Crippen MR) is 52.7 cm³/mol. The molecule has 0 saturated carbocycles. The van der Waals surface area contributed by atoms with Crippen LogP contribution in [0.2, 0.25) is 0 Å². The largest absolute Gasteiger partial charge is 0.375 e. The third-order valence-electron chi connectivity index (χ3n) is 2.37. The Morgan fingerprint density at radius 3 is 2.85 bits per heavy atom. The van der Waals surface area contributed by atoms with Crippen molar-refractivity contribution in [1.29, 1.82) is 0 Å². The minimum absolute atomic E-state index is 0.762. The molecule has 1 aliphatic rings. The SMILES string of the molecule is c1ccc2c(c1)CCNCCOC2. The van der Waals surface area contributed by atoms with Gasteiger partial charge in [-0.25, -0.2) is 0 Å². The first-order chi connectivity index (χ1) is 6.47. The third-order valence-corrected chi connectivity index (χ3v) is 2.37. The summed E-state index contributed by atoms with van der Waals surface area (Å²) >= 11 is 0. The summed E-state index contributed by atoms with van der Waals surface area (Å²) in [4.78, 5) is 0. The minimum atomic E-state index is 0.762. The number of rotatable bonds is 0. The van der Waals surface area contributed by atoms with Crippen molar-refractivity contribution in [3.63, 3.8) is 0 Å². The second-order valence-electron chi connectivity index (χ2n) is 3.32. The van der Waals surface area contributed by atoms with E-state index in [0.29, 0.717) is 0 Å². The van der Waals surface area contributed by atoms with E-state index in [2.05, 4.69) is 29.6 Å². The first kappa shape index (κ1) is 8.73. The van der Waals surface area contributed by atoms with E-state index in [9.17, 15) is 0 Å². The van der Waals surface area contributed by atoms with Gasteiger partial charge in [0, 0.05) is 6.54 Å². The Bertz CT molecular complexity index is 246. The summed E-state index contributed by atoms with van der Waals surface area (Å²) in [5.74, 6) is 0. The topological polar surface area (TPSA) is 21.3 Å². The molecule has 2 nitrogen and oxygen atoms in total. The lowest BCUT2D eigenvalue weighted by Gasteiger charge is -2.06. The molecule has 1 heterocycles. The standard InChI is InChI=1S/C11H15NO/c1-2-4-11-9-13-8-7-12-6-5-10(11)3-1/h1-4,12H,5-9H2. The highest BCUT2D eigenvalue weighted by Gasteiger charge is 2.03. The number of benzene rings is 1. The number of hydrogen-bond acceptors (Lipinski definition) is 2. The van der Waals surface area contributed by atoms with Gasteiger partial charge >= 0.3 is 0 Å². The first-order valence-corrected chi connectivity index (χ1v) is 4.82. The summed E-state index contributed by atoms with van der Waals surface area (Å²) in [7, 11) is 0. The van der Waals surface area contributed by atoms with Gasteiger partial charge in [-0.05, 0) is 24.1 Å². The highest BCUT2D eigenvalue weighted by molar-refractivity contribution is 5.26. The molecule has 0 unspecified atom stereocenters. The van der Waals surface area contributed by atoms with Crippen LogP contribution in [0.4, 0.5) is 0 Å². The molecule has 0 aromatic heterocycles. The number of ether oxygens (including phenoxy) is 1. The van der Waals surface area contributed by atoms with Crippen molar-refractivity contribution in [1.82, 2.24) is 5.32 Å². The van der Waals surface area contributed by atoms with Gasteiger partial charge in [0.05, 0.1) is 13.2 Å². The maximum absolute atomic E-state index is 5.52. The van der Waals surface area contributed by atoms with E-state index in [4.69, 9.17) is 4.74 Å². The summed E-state index contributed by atoms with van der Waals surface area (Å²) in [5, 5.41) is 3.34. The molecule has 0 amide bonds. The molecule has 0 atom stereocenters. The van der Waals surface area contributed by atoms with Crippen LogP contribution in [0.3, 0.4) is 0 Å². The van der Waals surface area contributed by atoms with Crippen molar-refractivity contribution in [2.24, 2.45) is 0 Å². The zero-order valence-electron chi connectivity index (χ0n) is 7.75. The summed E-state index contributed by atoms with van der Waals surface area (Å²) < 4.78 is 5.52. The van der Waals surface area contributed by atoms with Crippen LogP contribution < -0.4 is 5.32 Å². The molecule has 0 bridgehead atoms. The molecular weight excluding hydrogens is 162 g/mol. The van der Waals surface area contributed by atoms with E-state index in [1.807, 2.05) is 0 Å². The van der Waals surface area contributed by atoms with Crippen LogP contribution in [0.15, 0.2) is 24.3 Å². The minimum Gasteiger partial charge on any atom is -0.375 e. The van der Waals surface area contributed by atoms with Crippen LogP contribution in [0, 0.1) is 0 Å². The highest BCUT2D eigenvalue weighted by Crippen LogP contribution is 2.11. The summed E-state index contributed by atoms with van der Waals surface area (Å²) in [5.41, 5.74) is 2.75. The van der Waals surface area contributed by atoms with Crippen LogP contribution in [0.5, 0.6) is 0 Å². The lowest BCUT2D eigenvalue weighted by atomic mass is 10.1. The van der Waals surface area contributed by atoms with Crippen molar-refractivity contribution in [3.05, 3.63) is 35.4 Å². The van der Waals surface area contributed by atoms with Crippen LogP contribution in [0.25, 0.3) is 0 Å². The lowest BCUT2D eigenvalue weighted by molar-refractivity contribution is 0.124. The molecule has 0 aliphatic carbocycles. The number of fused-ring (bicyclic) bond motifs is 1. The smallest absolute Gasteiger partial charge is 0.0720 e. The molecule has 70 valence electrons. The Morgan fingerprint density at radius 2 is 1.92 bits per heavy atom. The average Bonchev–Trinajstić information content (AvgIpc) is 2.28. The van der Waals surface area contributed by atoms with Crippen molar-refractivity contribution < 1.29 is 4.74 Å². The van der Waals surface area contributed by atoms with Gasteiger partial charge in [-0.3, -0.25) is 0 Å². The molecule has 1 aromatic carbocycles. The molecule has 0 fully saturated rings. The average molecular weight is 177 g/mol. The van der Waals surface area contributed by atoms with E-state index in [1.165, 1.54) is 11.1 Å². The van der Waals surface area contributed by atoms with Crippen molar-refractivity contribution in [3.8, 4) is 0 Å². The fraction of sp³-hybridized carbons (Fsp3) is 0.455. The van der Waals surface area contributed by atoms with Crippen molar-refractivity contribution >= 4 is 0 Å². The van der Waals surface area contributed by atoms with E-state index >= 15 is 0 Å². The fourth-order valence-corrected chi connectivity index (χ4v) is 1.62. The van der Waals surface area contributed by atoms with Crippen LogP contribution in [-0.4, -0.2) is 19.7 Å². The summed E-state index contributed by atoms with van der Waals surface area (Å²) in [6.45, 7) is 3.60. The number of hydrogen-bond donors (Lipinski definition) is 1. The van der Waals surface area contributed by atoms with Crippen LogP contribution in [0.1, 0.15) is 11.1 Å². The highest BCUT2D eigenvalue weighted by atomic mass is 16.5. The molecule has 0 radical (unpaired) electrons. The molecule has 1 aliphatic heterocycles. The van der Waals surface area contributed by atoms with Gasteiger partial charge in [0.2, 0.25) is 0 Å². The zero-order valence-corrected chi connectivity index (χ0v) is 7.75. The van der Waals surface area contributed by atoms with Crippen molar-refractivity contribution in [2.45, 2.75) is 13.0 Å². The van der Waals surface area contributed by atoms with Gasteiger partial charge in [-0.1, -0.05) is 24.3 Å². The van der Waals surface area contributed by atoms with E-state index in [-0.39, 0.29) is 0 Å². The molecule has 2 rings (SSSR count). The molecule has 2 heteroatoms. The Kier molecular flexibility index (Phi) is 2.95. The zero-order chi connectivity index (χ0) is 8.93. The molecule has 1 aromatic rings. The normalized spacial score (nSPS) is 18.2. The summed E-state index contributed by atoms with van der Waals surface area (Å²) in [6, 6.07) is 8.51. The third kappa shape index (κ3) is 2.29. The van der Waals surface area contributed by atoms with Crippen molar-refractivity contribution in [2.75, 3.05) is 19.7 Å². The van der Waals surface area contributed by atoms with Gasteiger partial charge in [0.1, 0.15) is 0 Å². The van der Waals surface area contributed by atoms with Gasteiger partial charge in [0.25, 0.3) is 0 Å². The fourth-order valence-electron chi connectivity index (χ4n) is 1.62. The summed E-state index contributed by atoms with van der Waals surface area (Å²) in [6.07, 6.45) is 1.11. The molecule has 0 saturated heterocycles. The lowest BCUT2D eigenvalue weighted by Crippen LogP contribution is -2.20. The molecule has 1 N–H and O–H groups in total. The van der Waals surface area contributed by atoms with Gasteiger partial charge < -0.3 is 10.1 Å². The second-order valence-corrected chi connectivity index (χ2v) is 3.32. The maximum atomic E-state index is 5.52. The van der Waals surface area contributed by atoms with Crippen LogP contribution in [-0.2, 0) is 17.8 Å². The number of nitrogens with one attached hydrogen (secondary N) is 1. The van der Waals surface area contributed by atoms with Gasteiger partial charge in [-0.15, -0.1) is 0 Å². The Hall–Kier alpha value is -0.860. The monoisotopic (exact) mass is 177 g/mol. The van der Waals surface area contributed by atoms with Crippen LogP contribution >= 0.6 is 0 Å².